The van der Waals surface area contributed by atoms with Crippen LogP contribution in [0.2, 0.25) is 0 Å². The van der Waals surface area contributed by atoms with Gasteiger partial charge in [0.15, 0.2) is 5.13 Å². The largest absolute Gasteiger partial charge is 0.497 e. The van der Waals surface area contributed by atoms with Crippen molar-refractivity contribution in [3.05, 3.63) is 18.2 Å². The number of benzene rings is 1. The van der Waals surface area contributed by atoms with Crippen molar-refractivity contribution < 1.29 is 13.2 Å². The Balaban J connectivity index is 1.42. The number of aromatic nitrogens is 1. The van der Waals surface area contributed by atoms with Gasteiger partial charge in [-0.2, -0.15) is 0 Å². The van der Waals surface area contributed by atoms with Gasteiger partial charge in [-0.1, -0.05) is 11.3 Å². The molecule has 2 aromatic rings. The molecule has 1 N–H and O–H groups in total. The highest BCUT2D eigenvalue weighted by Gasteiger charge is 2.37. The average molecular weight is 367 g/mol. The fourth-order valence-corrected chi connectivity index (χ4v) is 5.75. The predicted molar refractivity (Wildman–Crippen MR) is 96.5 cm³/mol. The Bertz CT molecular complexity index is 837. The Morgan fingerprint density at radius 3 is 2.67 bits per heavy atom. The number of hydrogen-bond acceptors (Lipinski definition) is 6. The molecule has 1 saturated carbocycles. The molecule has 24 heavy (non-hydrogen) atoms. The topological polar surface area (TPSA) is 71.5 Å². The van der Waals surface area contributed by atoms with Gasteiger partial charge in [0, 0.05) is 19.1 Å². The Hall–Kier alpha value is -1.38. The molecule has 0 radical (unpaired) electrons. The standard InChI is InChI=1S/C16H21N3O3S2/c1-22-12-2-5-14-15(10-12)23-16(17-14)19-8-6-11(7-9-19)18-24(20,21)13-3-4-13/h2,5,10-11,13,18H,3-4,6-9H2,1H3. The summed E-state index contributed by atoms with van der Waals surface area (Å²) in [5.74, 6) is 0.839. The van der Waals surface area contributed by atoms with Gasteiger partial charge >= 0.3 is 0 Å². The predicted octanol–water partition coefficient (Wildman–Crippen LogP) is 2.36. The third-order valence-corrected chi connectivity index (χ3v) is 7.73. The van der Waals surface area contributed by atoms with Gasteiger partial charge in [0.2, 0.25) is 10.0 Å². The summed E-state index contributed by atoms with van der Waals surface area (Å²) < 4.78 is 33.3. The van der Waals surface area contributed by atoms with Crippen LogP contribution in [0.25, 0.3) is 10.2 Å². The number of thiazole rings is 1. The number of sulfonamides is 1. The quantitative estimate of drug-likeness (QED) is 0.878. The first-order valence-electron chi connectivity index (χ1n) is 8.26. The summed E-state index contributed by atoms with van der Waals surface area (Å²) in [6.07, 6.45) is 3.27. The molecule has 1 aliphatic heterocycles. The van der Waals surface area contributed by atoms with E-state index in [0.717, 1.165) is 59.9 Å². The van der Waals surface area contributed by atoms with Crippen molar-refractivity contribution in [2.24, 2.45) is 0 Å². The average Bonchev–Trinajstić information content (AvgIpc) is 3.35. The van der Waals surface area contributed by atoms with Crippen LogP contribution in [0.5, 0.6) is 5.75 Å². The highest BCUT2D eigenvalue weighted by atomic mass is 32.2. The summed E-state index contributed by atoms with van der Waals surface area (Å²) in [6, 6.07) is 5.96. The minimum absolute atomic E-state index is 0.0568. The van der Waals surface area contributed by atoms with Crippen molar-refractivity contribution in [3.8, 4) is 5.75 Å². The zero-order valence-corrected chi connectivity index (χ0v) is 15.2. The Kier molecular flexibility index (Phi) is 4.14. The SMILES string of the molecule is COc1ccc2nc(N3CCC(NS(=O)(=O)C4CC4)CC3)sc2c1. The Morgan fingerprint density at radius 1 is 1.25 bits per heavy atom. The zero-order valence-electron chi connectivity index (χ0n) is 13.6. The van der Waals surface area contributed by atoms with Crippen LogP contribution in [0, 0.1) is 0 Å². The number of fused-ring (bicyclic) bond motifs is 1. The monoisotopic (exact) mass is 367 g/mol. The molecule has 2 heterocycles. The molecule has 4 rings (SSSR count). The van der Waals surface area contributed by atoms with Crippen LogP contribution in [0.4, 0.5) is 5.13 Å². The van der Waals surface area contributed by atoms with E-state index in [1.54, 1.807) is 18.4 Å². The Labute approximate surface area is 145 Å². The second-order valence-electron chi connectivity index (χ2n) is 6.45. The molecule has 1 aromatic carbocycles. The summed E-state index contributed by atoms with van der Waals surface area (Å²) in [4.78, 5) is 6.95. The van der Waals surface area contributed by atoms with E-state index in [4.69, 9.17) is 9.72 Å². The van der Waals surface area contributed by atoms with Crippen LogP contribution in [-0.2, 0) is 10.0 Å². The van der Waals surface area contributed by atoms with Crippen molar-refractivity contribution in [1.29, 1.82) is 0 Å². The summed E-state index contributed by atoms with van der Waals surface area (Å²) in [5.41, 5.74) is 0.979. The van der Waals surface area contributed by atoms with E-state index < -0.39 is 10.0 Å². The first-order valence-corrected chi connectivity index (χ1v) is 10.6. The van der Waals surface area contributed by atoms with E-state index >= 15 is 0 Å². The first-order chi connectivity index (χ1) is 11.5. The third-order valence-electron chi connectivity index (χ3n) is 4.64. The number of nitrogens with zero attached hydrogens (tertiary/aromatic N) is 2. The van der Waals surface area contributed by atoms with E-state index in [1.165, 1.54) is 0 Å². The van der Waals surface area contributed by atoms with E-state index in [0.29, 0.717) is 0 Å². The van der Waals surface area contributed by atoms with Gasteiger partial charge < -0.3 is 9.64 Å². The van der Waals surface area contributed by atoms with E-state index in [1.807, 2.05) is 18.2 Å². The van der Waals surface area contributed by atoms with Crippen molar-refractivity contribution in [2.75, 3.05) is 25.1 Å². The first kappa shape index (κ1) is 16.1. The lowest BCUT2D eigenvalue weighted by Gasteiger charge is -2.31. The third kappa shape index (κ3) is 3.22. The molecule has 1 aromatic heterocycles. The number of methoxy groups -OCH3 is 1. The van der Waals surface area contributed by atoms with E-state index in [9.17, 15) is 8.42 Å². The number of hydrogen-bond donors (Lipinski definition) is 1. The van der Waals surface area contributed by atoms with Gasteiger partial charge in [-0.25, -0.2) is 18.1 Å². The summed E-state index contributed by atoms with van der Waals surface area (Å²) in [5, 5.41) is 0.858. The van der Waals surface area contributed by atoms with Crippen molar-refractivity contribution in [2.45, 2.75) is 37.0 Å². The molecule has 130 valence electrons. The molecule has 1 aliphatic carbocycles. The maximum Gasteiger partial charge on any atom is 0.214 e. The molecule has 0 amide bonds. The molecule has 2 aliphatic rings. The normalized spacial score (nSPS) is 19.8. The molecule has 8 heteroatoms. The summed E-state index contributed by atoms with van der Waals surface area (Å²) in [7, 11) is -1.43. The highest BCUT2D eigenvalue weighted by Crippen LogP contribution is 2.33. The zero-order chi connectivity index (χ0) is 16.7. The molecule has 0 unspecified atom stereocenters. The maximum atomic E-state index is 12.0. The van der Waals surface area contributed by atoms with Gasteiger partial charge in [0.05, 0.1) is 22.6 Å². The lowest BCUT2D eigenvalue weighted by atomic mass is 10.1. The van der Waals surface area contributed by atoms with Crippen LogP contribution in [0.3, 0.4) is 0 Å². The summed E-state index contributed by atoms with van der Waals surface area (Å²) >= 11 is 1.66. The fraction of sp³-hybridized carbons (Fsp3) is 0.562. The van der Waals surface area contributed by atoms with Gasteiger partial charge in [-0.05, 0) is 43.9 Å². The van der Waals surface area contributed by atoms with Crippen LogP contribution < -0.4 is 14.4 Å². The molecule has 0 spiro atoms. The van der Waals surface area contributed by atoms with Gasteiger partial charge in [0.25, 0.3) is 0 Å². The molecular weight excluding hydrogens is 346 g/mol. The van der Waals surface area contributed by atoms with Gasteiger partial charge in [0.1, 0.15) is 5.75 Å². The van der Waals surface area contributed by atoms with Crippen LogP contribution >= 0.6 is 11.3 Å². The Morgan fingerprint density at radius 2 is 2.00 bits per heavy atom. The second-order valence-corrected chi connectivity index (χ2v) is 9.46. The smallest absolute Gasteiger partial charge is 0.214 e. The van der Waals surface area contributed by atoms with Crippen molar-refractivity contribution in [1.82, 2.24) is 9.71 Å². The maximum absolute atomic E-state index is 12.0. The lowest BCUT2D eigenvalue weighted by molar-refractivity contribution is 0.415. The molecule has 0 bridgehead atoms. The summed E-state index contributed by atoms with van der Waals surface area (Å²) in [6.45, 7) is 1.66. The molecule has 2 fully saturated rings. The molecule has 0 atom stereocenters. The van der Waals surface area contributed by atoms with Crippen molar-refractivity contribution in [3.63, 3.8) is 0 Å². The van der Waals surface area contributed by atoms with E-state index in [2.05, 4.69) is 9.62 Å². The number of rotatable bonds is 5. The van der Waals surface area contributed by atoms with Gasteiger partial charge in [-0.3, -0.25) is 0 Å². The van der Waals surface area contributed by atoms with Gasteiger partial charge in [-0.15, -0.1) is 0 Å². The molecular formula is C16H21N3O3S2. The fourth-order valence-electron chi connectivity index (χ4n) is 3.05. The van der Waals surface area contributed by atoms with Crippen LogP contribution in [0.15, 0.2) is 18.2 Å². The lowest BCUT2D eigenvalue weighted by Crippen LogP contribution is -2.45. The van der Waals surface area contributed by atoms with Crippen molar-refractivity contribution >= 4 is 36.7 Å². The minimum Gasteiger partial charge on any atom is -0.497 e. The molecule has 1 saturated heterocycles. The number of anilines is 1. The second kappa shape index (κ2) is 6.16. The van der Waals surface area contributed by atoms with Crippen LogP contribution in [-0.4, -0.2) is 44.9 Å². The minimum atomic E-state index is -3.09. The van der Waals surface area contributed by atoms with Crippen LogP contribution in [0.1, 0.15) is 25.7 Å². The van der Waals surface area contributed by atoms with E-state index in [-0.39, 0.29) is 11.3 Å². The number of piperidine rings is 1. The number of ether oxygens (including phenoxy) is 1. The number of nitrogens with one attached hydrogen (secondary N) is 1. The molecule has 6 nitrogen and oxygen atoms in total. The highest BCUT2D eigenvalue weighted by molar-refractivity contribution is 7.90.